The zero-order valence-electron chi connectivity index (χ0n) is 11.4. The van der Waals surface area contributed by atoms with E-state index in [-0.39, 0.29) is 0 Å². The zero-order chi connectivity index (χ0) is 12.6. The van der Waals surface area contributed by atoms with Crippen molar-refractivity contribution >= 4 is 11.3 Å². The number of aryl methyl sites for hydroxylation is 1. The summed E-state index contributed by atoms with van der Waals surface area (Å²) in [5.74, 6) is 0. The molecule has 18 heavy (non-hydrogen) atoms. The molecule has 2 heterocycles. The Morgan fingerprint density at radius 3 is 3.22 bits per heavy atom. The van der Waals surface area contributed by atoms with Crippen LogP contribution >= 0.6 is 11.3 Å². The van der Waals surface area contributed by atoms with Gasteiger partial charge in [-0.05, 0) is 42.9 Å². The van der Waals surface area contributed by atoms with Crippen LogP contribution in [0.2, 0.25) is 0 Å². The van der Waals surface area contributed by atoms with Crippen molar-refractivity contribution < 1.29 is 0 Å². The average molecular weight is 267 g/mol. The van der Waals surface area contributed by atoms with Crippen LogP contribution in [0.4, 0.5) is 0 Å². The molecule has 1 aliphatic heterocycles. The van der Waals surface area contributed by atoms with Crippen LogP contribution in [0.15, 0.2) is 11.4 Å². The van der Waals surface area contributed by atoms with Crippen molar-refractivity contribution in [1.82, 2.24) is 15.5 Å². The summed E-state index contributed by atoms with van der Waals surface area (Å²) in [5.41, 5.74) is 1.51. The molecule has 1 saturated heterocycles. The first kappa shape index (κ1) is 14.0. The highest BCUT2D eigenvalue weighted by Crippen LogP contribution is 2.16. The molecule has 0 spiro atoms. The summed E-state index contributed by atoms with van der Waals surface area (Å²) >= 11 is 1.88. The van der Waals surface area contributed by atoms with Crippen molar-refractivity contribution in [3.05, 3.63) is 21.9 Å². The number of nitrogens with zero attached hydrogens (tertiary/aromatic N) is 1. The Balaban J connectivity index is 1.63. The quantitative estimate of drug-likeness (QED) is 0.768. The van der Waals surface area contributed by atoms with Crippen molar-refractivity contribution in [3.8, 4) is 0 Å². The second kappa shape index (κ2) is 7.89. The lowest BCUT2D eigenvalue weighted by Crippen LogP contribution is -2.34. The van der Waals surface area contributed by atoms with E-state index in [4.69, 9.17) is 0 Å². The third kappa shape index (κ3) is 4.35. The first-order valence-electron chi connectivity index (χ1n) is 7.09. The Morgan fingerprint density at radius 2 is 2.33 bits per heavy atom. The molecule has 1 aromatic heterocycles. The number of rotatable bonds is 6. The van der Waals surface area contributed by atoms with E-state index >= 15 is 0 Å². The van der Waals surface area contributed by atoms with E-state index in [1.54, 1.807) is 0 Å². The van der Waals surface area contributed by atoms with Gasteiger partial charge in [-0.3, -0.25) is 0 Å². The van der Waals surface area contributed by atoms with Crippen LogP contribution in [-0.2, 0) is 13.0 Å². The van der Waals surface area contributed by atoms with Gasteiger partial charge in [-0.2, -0.15) is 0 Å². The lowest BCUT2D eigenvalue weighted by atomic mass is 10.2. The summed E-state index contributed by atoms with van der Waals surface area (Å²) in [7, 11) is 0. The van der Waals surface area contributed by atoms with Gasteiger partial charge in [0.25, 0.3) is 0 Å². The number of thiophene rings is 1. The maximum absolute atomic E-state index is 3.58. The van der Waals surface area contributed by atoms with Crippen molar-refractivity contribution in [2.24, 2.45) is 0 Å². The van der Waals surface area contributed by atoms with Gasteiger partial charge in [-0.1, -0.05) is 6.92 Å². The summed E-state index contributed by atoms with van der Waals surface area (Å²) in [4.78, 5) is 4.07. The predicted molar refractivity (Wildman–Crippen MR) is 79.3 cm³/mol. The maximum Gasteiger partial charge on any atom is 0.0303 e. The maximum atomic E-state index is 3.58. The van der Waals surface area contributed by atoms with Crippen molar-refractivity contribution in [2.45, 2.75) is 26.3 Å². The standard InChI is InChI=1S/C14H25N3S/c1-2-13-4-11-18-14(13)12-16-7-10-17-8-3-5-15-6-9-17/h4,11,15-16H,2-3,5-10,12H2,1H3. The molecule has 0 saturated carbocycles. The fourth-order valence-electron chi connectivity index (χ4n) is 2.40. The molecule has 0 unspecified atom stereocenters. The van der Waals surface area contributed by atoms with Gasteiger partial charge in [0, 0.05) is 37.6 Å². The average Bonchev–Trinajstić information content (AvgIpc) is 2.69. The highest BCUT2D eigenvalue weighted by molar-refractivity contribution is 7.10. The summed E-state index contributed by atoms with van der Waals surface area (Å²) in [5, 5.41) is 9.23. The van der Waals surface area contributed by atoms with Crippen LogP contribution in [0.1, 0.15) is 23.8 Å². The number of hydrogen-bond donors (Lipinski definition) is 2. The molecule has 1 fully saturated rings. The molecule has 0 radical (unpaired) electrons. The van der Waals surface area contributed by atoms with Crippen molar-refractivity contribution in [2.75, 3.05) is 39.3 Å². The molecule has 0 bridgehead atoms. The molecule has 0 amide bonds. The van der Waals surface area contributed by atoms with Crippen LogP contribution in [0, 0.1) is 0 Å². The van der Waals surface area contributed by atoms with Crippen LogP contribution in [0.5, 0.6) is 0 Å². The van der Waals surface area contributed by atoms with E-state index in [1.165, 1.54) is 43.0 Å². The highest BCUT2D eigenvalue weighted by atomic mass is 32.1. The number of hydrogen-bond acceptors (Lipinski definition) is 4. The Morgan fingerprint density at radius 1 is 1.39 bits per heavy atom. The van der Waals surface area contributed by atoms with E-state index < -0.39 is 0 Å². The van der Waals surface area contributed by atoms with E-state index in [1.807, 2.05) is 11.3 Å². The Kier molecular flexibility index (Phi) is 6.14. The highest BCUT2D eigenvalue weighted by Gasteiger charge is 2.07. The molecule has 1 aromatic rings. The van der Waals surface area contributed by atoms with Crippen LogP contribution in [0.3, 0.4) is 0 Å². The SMILES string of the molecule is CCc1ccsc1CNCCN1CCCNCC1. The fraction of sp³-hybridized carbons (Fsp3) is 0.714. The topological polar surface area (TPSA) is 27.3 Å². The molecular weight excluding hydrogens is 242 g/mol. The van der Waals surface area contributed by atoms with E-state index in [9.17, 15) is 0 Å². The van der Waals surface area contributed by atoms with Gasteiger partial charge >= 0.3 is 0 Å². The van der Waals surface area contributed by atoms with Gasteiger partial charge in [0.15, 0.2) is 0 Å². The van der Waals surface area contributed by atoms with Gasteiger partial charge in [0.1, 0.15) is 0 Å². The molecule has 2 N–H and O–H groups in total. The third-order valence-electron chi connectivity index (χ3n) is 3.54. The smallest absolute Gasteiger partial charge is 0.0303 e. The molecule has 0 aromatic carbocycles. The van der Waals surface area contributed by atoms with Gasteiger partial charge in [0.2, 0.25) is 0 Å². The second-order valence-corrected chi connectivity index (χ2v) is 5.85. The van der Waals surface area contributed by atoms with Gasteiger partial charge in [-0.25, -0.2) is 0 Å². The Hall–Kier alpha value is -0.420. The molecule has 1 aliphatic rings. The monoisotopic (exact) mass is 267 g/mol. The zero-order valence-corrected chi connectivity index (χ0v) is 12.2. The van der Waals surface area contributed by atoms with Gasteiger partial charge < -0.3 is 15.5 Å². The molecule has 0 aliphatic carbocycles. The molecule has 3 nitrogen and oxygen atoms in total. The first-order valence-corrected chi connectivity index (χ1v) is 7.97. The minimum absolute atomic E-state index is 1.03. The van der Waals surface area contributed by atoms with Crippen molar-refractivity contribution in [3.63, 3.8) is 0 Å². The molecule has 0 atom stereocenters. The lowest BCUT2D eigenvalue weighted by Gasteiger charge is -2.19. The fourth-order valence-corrected chi connectivity index (χ4v) is 3.35. The van der Waals surface area contributed by atoms with Crippen molar-refractivity contribution in [1.29, 1.82) is 0 Å². The minimum Gasteiger partial charge on any atom is -0.315 e. The Bertz CT molecular complexity index is 330. The molecule has 102 valence electrons. The number of nitrogens with one attached hydrogen (secondary N) is 2. The summed E-state index contributed by atoms with van der Waals surface area (Å²) < 4.78 is 0. The molecular formula is C14H25N3S. The van der Waals surface area contributed by atoms with Crippen LogP contribution in [-0.4, -0.2) is 44.2 Å². The van der Waals surface area contributed by atoms with E-state index in [0.29, 0.717) is 0 Å². The van der Waals surface area contributed by atoms with Gasteiger partial charge in [0.05, 0.1) is 0 Å². The third-order valence-corrected chi connectivity index (χ3v) is 4.50. The first-order chi connectivity index (χ1) is 8.90. The predicted octanol–water partition coefficient (Wildman–Crippen LogP) is 1.70. The minimum atomic E-state index is 1.03. The molecule has 2 rings (SSSR count). The largest absolute Gasteiger partial charge is 0.315 e. The van der Waals surface area contributed by atoms with Crippen LogP contribution < -0.4 is 10.6 Å². The van der Waals surface area contributed by atoms with E-state index in [2.05, 4.69) is 33.9 Å². The van der Waals surface area contributed by atoms with Crippen LogP contribution in [0.25, 0.3) is 0 Å². The summed E-state index contributed by atoms with van der Waals surface area (Å²) in [6, 6.07) is 2.25. The summed E-state index contributed by atoms with van der Waals surface area (Å²) in [6.45, 7) is 10.3. The Labute approximate surface area is 115 Å². The lowest BCUT2D eigenvalue weighted by molar-refractivity contribution is 0.291. The second-order valence-electron chi connectivity index (χ2n) is 4.84. The molecule has 4 heteroatoms. The van der Waals surface area contributed by atoms with E-state index in [0.717, 1.165) is 26.1 Å². The summed E-state index contributed by atoms with van der Waals surface area (Å²) in [6.07, 6.45) is 2.43. The van der Waals surface area contributed by atoms with Gasteiger partial charge in [-0.15, -0.1) is 11.3 Å². The normalized spacial score (nSPS) is 17.8.